The molecule has 3 N–H and O–H groups in total. The molecule has 206 valence electrons. The molecule has 1 spiro atoms. The summed E-state index contributed by atoms with van der Waals surface area (Å²) in [7, 11) is 0. The van der Waals surface area contributed by atoms with Crippen LogP contribution < -0.4 is 16.0 Å². The zero-order valence-electron chi connectivity index (χ0n) is 22.5. The molecule has 2 unspecified atom stereocenters. The number of likely N-dealkylation sites (tertiary alicyclic amines) is 1. The Morgan fingerprint density at radius 1 is 1.11 bits per heavy atom. The topological polar surface area (TPSA) is 108 Å². The molecule has 38 heavy (non-hydrogen) atoms. The van der Waals surface area contributed by atoms with Gasteiger partial charge in [0.15, 0.2) is 5.78 Å². The van der Waals surface area contributed by atoms with Gasteiger partial charge in [-0.15, -0.1) is 0 Å². The Morgan fingerprint density at radius 3 is 2.34 bits per heavy atom. The Hall–Kier alpha value is -3.14. The van der Waals surface area contributed by atoms with Crippen LogP contribution in [-0.4, -0.2) is 72.1 Å². The fourth-order valence-electron chi connectivity index (χ4n) is 7.15. The minimum Gasteiger partial charge on any atom is -0.450 e. The Morgan fingerprint density at radius 2 is 1.76 bits per heavy atom. The van der Waals surface area contributed by atoms with Crippen LogP contribution in [0.4, 0.5) is 19.7 Å². The highest BCUT2D eigenvalue weighted by Crippen LogP contribution is 2.48. The Balaban J connectivity index is 1.30. The maximum Gasteiger partial charge on any atom is 0.410 e. The van der Waals surface area contributed by atoms with Crippen molar-refractivity contribution in [2.45, 2.75) is 82.8 Å². The number of hydrogen-bond donors (Lipinski definition) is 2. The van der Waals surface area contributed by atoms with Gasteiger partial charge in [-0.1, -0.05) is 0 Å². The third-order valence-electron chi connectivity index (χ3n) is 8.96. The van der Waals surface area contributed by atoms with Crippen molar-refractivity contribution >= 4 is 23.6 Å². The summed E-state index contributed by atoms with van der Waals surface area (Å²) in [6, 6.07) is 5.00. The number of nitrogens with two attached hydrogens (primary N) is 1. The lowest BCUT2D eigenvalue weighted by molar-refractivity contribution is -0.113. The molecule has 2 bridgehead atoms. The third kappa shape index (κ3) is 4.63. The molecule has 0 saturated carbocycles. The van der Waals surface area contributed by atoms with E-state index in [0.29, 0.717) is 24.9 Å². The largest absolute Gasteiger partial charge is 0.450 e. The van der Waals surface area contributed by atoms with Crippen molar-refractivity contribution in [1.29, 1.82) is 0 Å². The molecule has 1 aromatic rings. The summed E-state index contributed by atoms with van der Waals surface area (Å²) in [5.74, 6) is -0.638. The maximum absolute atomic E-state index is 14.4. The van der Waals surface area contributed by atoms with Crippen LogP contribution in [0.2, 0.25) is 0 Å². The lowest BCUT2D eigenvalue weighted by Gasteiger charge is -2.47. The van der Waals surface area contributed by atoms with Crippen molar-refractivity contribution in [2.75, 3.05) is 31.1 Å². The summed E-state index contributed by atoms with van der Waals surface area (Å²) in [5.41, 5.74) is 7.33. The number of urea groups is 1. The Bertz CT molecular complexity index is 1140. The number of halogens is 1. The SMILES string of the molecule is CCOC(=O)N1C2CCC1CC(N1CCC3(CC1)CN(C(=O)N/C(C(C)=O)=C(\C)N)c1ccc(F)cc13)C2. The predicted molar refractivity (Wildman–Crippen MR) is 141 cm³/mol. The van der Waals surface area contributed by atoms with Crippen LogP contribution in [0.15, 0.2) is 29.6 Å². The fourth-order valence-corrected chi connectivity index (χ4v) is 7.15. The van der Waals surface area contributed by atoms with E-state index in [1.807, 2.05) is 11.8 Å². The normalized spacial score (nSPS) is 26.7. The number of nitrogens with zero attached hydrogens (tertiary/aromatic N) is 3. The summed E-state index contributed by atoms with van der Waals surface area (Å²) in [4.78, 5) is 43.9. The van der Waals surface area contributed by atoms with Gasteiger partial charge in [0.05, 0.1) is 6.61 Å². The molecule has 9 nitrogen and oxygen atoms in total. The van der Waals surface area contributed by atoms with Gasteiger partial charge in [-0.05, 0) is 89.2 Å². The molecule has 4 heterocycles. The van der Waals surface area contributed by atoms with Crippen LogP contribution in [-0.2, 0) is 14.9 Å². The number of Topliss-reactive ketones (excluding diaryl/α,β-unsaturated/α-hetero) is 1. The van der Waals surface area contributed by atoms with Gasteiger partial charge in [0, 0.05) is 48.4 Å². The van der Waals surface area contributed by atoms with E-state index in [1.54, 1.807) is 24.0 Å². The first kappa shape index (κ1) is 26.5. The molecule has 5 rings (SSSR count). The van der Waals surface area contributed by atoms with Gasteiger partial charge in [0.2, 0.25) is 0 Å². The Kier molecular flexibility index (Phi) is 7.11. The van der Waals surface area contributed by atoms with E-state index in [9.17, 15) is 18.8 Å². The van der Waals surface area contributed by atoms with Gasteiger partial charge >= 0.3 is 12.1 Å². The van der Waals surface area contributed by atoms with Gasteiger partial charge in [-0.25, -0.2) is 14.0 Å². The first-order chi connectivity index (χ1) is 18.1. The molecule has 2 atom stereocenters. The molecule has 0 radical (unpaired) electrons. The number of fused-ring (bicyclic) bond motifs is 4. The molecule has 0 aromatic heterocycles. The van der Waals surface area contributed by atoms with Crippen molar-refractivity contribution in [2.24, 2.45) is 5.73 Å². The second-order valence-electron chi connectivity index (χ2n) is 11.2. The second-order valence-corrected chi connectivity index (χ2v) is 11.2. The number of benzene rings is 1. The summed E-state index contributed by atoms with van der Waals surface area (Å²) >= 11 is 0. The molecule has 3 saturated heterocycles. The van der Waals surface area contributed by atoms with Crippen LogP contribution in [0.3, 0.4) is 0 Å². The van der Waals surface area contributed by atoms with E-state index in [4.69, 9.17) is 10.5 Å². The highest BCUT2D eigenvalue weighted by atomic mass is 19.1. The number of carbonyl (C=O) groups is 3. The fraction of sp³-hybridized carbons (Fsp3) is 0.607. The standard InChI is InChI=1S/C28H38FN5O4/c1-4-38-27(37)34-20-6-7-21(34)15-22(14-20)32-11-9-28(10-12-32)16-33(24-8-5-19(29)13-23(24)28)26(36)31-25(17(2)30)18(3)35/h5,8,13,20-22H,4,6-7,9-12,14-16,30H2,1-3H3,(H,31,36)/b25-17+. The molecule has 10 heteroatoms. The van der Waals surface area contributed by atoms with Gasteiger partial charge < -0.3 is 25.6 Å². The molecule has 3 fully saturated rings. The summed E-state index contributed by atoms with van der Waals surface area (Å²) in [5, 5.41) is 2.68. The van der Waals surface area contributed by atoms with Gasteiger partial charge in [-0.3, -0.25) is 9.69 Å². The monoisotopic (exact) mass is 527 g/mol. The highest BCUT2D eigenvalue weighted by Gasteiger charge is 2.50. The number of rotatable bonds is 4. The average molecular weight is 528 g/mol. The smallest absolute Gasteiger partial charge is 0.410 e. The summed E-state index contributed by atoms with van der Waals surface area (Å²) in [6.45, 7) is 7.27. The minimum atomic E-state index is -0.435. The number of amides is 3. The lowest BCUT2D eigenvalue weighted by Crippen LogP contribution is -2.55. The first-order valence-corrected chi connectivity index (χ1v) is 13.7. The van der Waals surface area contributed by atoms with E-state index >= 15 is 0 Å². The van der Waals surface area contributed by atoms with Crippen LogP contribution in [0.25, 0.3) is 0 Å². The van der Waals surface area contributed by atoms with E-state index < -0.39 is 6.03 Å². The van der Waals surface area contributed by atoms with Crippen molar-refractivity contribution in [3.05, 3.63) is 41.0 Å². The number of ether oxygens (including phenoxy) is 1. The molecule has 4 aliphatic rings. The molecular weight excluding hydrogens is 489 g/mol. The molecule has 1 aromatic carbocycles. The highest BCUT2D eigenvalue weighted by molar-refractivity contribution is 6.02. The van der Waals surface area contributed by atoms with Crippen molar-refractivity contribution in [3.8, 4) is 0 Å². The van der Waals surface area contributed by atoms with Crippen molar-refractivity contribution < 1.29 is 23.5 Å². The van der Waals surface area contributed by atoms with Crippen LogP contribution >= 0.6 is 0 Å². The second kappa shape index (κ2) is 10.2. The van der Waals surface area contributed by atoms with E-state index in [2.05, 4.69) is 10.2 Å². The van der Waals surface area contributed by atoms with Gasteiger partial charge in [0.1, 0.15) is 11.5 Å². The maximum atomic E-state index is 14.4. The number of hydrogen-bond acceptors (Lipinski definition) is 6. The minimum absolute atomic E-state index is 0.0817. The van der Waals surface area contributed by atoms with Crippen LogP contribution in [0.1, 0.15) is 64.9 Å². The van der Waals surface area contributed by atoms with Crippen LogP contribution in [0, 0.1) is 5.82 Å². The molecule has 3 amide bonds. The Labute approximate surface area is 223 Å². The zero-order chi connectivity index (χ0) is 27.2. The lowest BCUT2D eigenvalue weighted by atomic mass is 9.73. The number of nitrogens with one attached hydrogen (secondary N) is 1. The first-order valence-electron chi connectivity index (χ1n) is 13.7. The van der Waals surface area contributed by atoms with Crippen LogP contribution in [0.5, 0.6) is 0 Å². The third-order valence-corrected chi connectivity index (χ3v) is 8.96. The van der Waals surface area contributed by atoms with E-state index in [1.165, 1.54) is 13.0 Å². The summed E-state index contributed by atoms with van der Waals surface area (Å²) < 4.78 is 19.7. The number of piperidine rings is 2. The zero-order valence-corrected chi connectivity index (χ0v) is 22.5. The number of allylic oxidation sites excluding steroid dienone is 2. The predicted octanol–water partition coefficient (Wildman–Crippen LogP) is 3.62. The van der Waals surface area contributed by atoms with Crippen molar-refractivity contribution in [3.63, 3.8) is 0 Å². The van der Waals surface area contributed by atoms with E-state index in [0.717, 1.165) is 57.2 Å². The molecule has 4 aliphatic heterocycles. The van der Waals surface area contributed by atoms with E-state index in [-0.39, 0.29) is 46.6 Å². The molecule has 0 aliphatic carbocycles. The quantitative estimate of drug-likeness (QED) is 0.579. The van der Waals surface area contributed by atoms with Gasteiger partial charge in [-0.2, -0.15) is 0 Å². The average Bonchev–Trinajstić information content (AvgIpc) is 3.33. The van der Waals surface area contributed by atoms with Gasteiger partial charge in [0.25, 0.3) is 0 Å². The molecular formula is C28H38FN5O4. The number of anilines is 1. The van der Waals surface area contributed by atoms with Crippen molar-refractivity contribution in [1.82, 2.24) is 15.1 Å². The number of carbonyl (C=O) groups excluding carboxylic acids is 3. The number of ketones is 1. The summed E-state index contributed by atoms with van der Waals surface area (Å²) in [6.07, 6.45) is 5.34.